The summed E-state index contributed by atoms with van der Waals surface area (Å²) in [6, 6.07) is 20.6. The summed E-state index contributed by atoms with van der Waals surface area (Å²) in [6.45, 7) is 4.18. The Kier molecular flexibility index (Phi) is 23.4. The summed E-state index contributed by atoms with van der Waals surface area (Å²) in [4.78, 5) is 124. The Morgan fingerprint density at radius 3 is 2.02 bits per heavy atom. The molecule has 2 aromatic heterocycles. The van der Waals surface area contributed by atoms with Gasteiger partial charge in [0.25, 0.3) is 5.91 Å². The van der Waals surface area contributed by atoms with E-state index in [-0.39, 0.29) is 31.3 Å². The molecule has 4 atom stereocenters. The van der Waals surface area contributed by atoms with Crippen LogP contribution in [0.1, 0.15) is 74.7 Å². The van der Waals surface area contributed by atoms with E-state index in [9.17, 15) is 58.5 Å². The molecule has 29 heteroatoms. The maximum absolute atomic E-state index is 14.1. The van der Waals surface area contributed by atoms with Crippen LogP contribution in [-0.2, 0) is 47.7 Å². The van der Waals surface area contributed by atoms with Gasteiger partial charge < -0.3 is 61.2 Å². The van der Waals surface area contributed by atoms with Crippen molar-refractivity contribution < 1.29 is 92.4 Å². The number of rotatable bonds is 33. The molecule has 3 heterocycles. The molecule has 6 rings (SSSR count). The molecule has 1 aliphatic rings. The average molecular weight is 1180 g/mol. The number of unbranched alkanes of at least 4 members (excludes halogenated alkanes) is 1. The number of amides is 5. The molecule has 0 unspecified atom stereocenters. The molecule has 0 aliphatic carbocycles. The van der Waals surface area contributed by atoms with Crippen LogP contribution in [0.4, 0.5) is 5.82 Å². The van der Waals surface area contributed by atoms with Crippen LogP contribution in [0.5, 0.6) is 17.4 Å². The molecule has 0 saturated carbocycles. The van der Waals surface area contributed by atoms with E-state index in [1.54, 1.807) is 24.3 Å². The number of carbonyl (C=O) groups excluding carboxylic acids is 5. The molecule has 1 aliphatic heterocycles. The normalized spacial score (nSPS) is 13.1. The van der Waals surface area contributed by atoms with Gasteiger partial charge in [0, 0.05) is 34.8 Å². The van der Waals surface area contributed by atoms with Crippen LogP contribution < -0.4 is 46.2 Å². The number of nitrogens with zero attached hydrogens (tertiary/aromatic N) is 3. The summed E-state index contributed by atoms with van der Waals surface area (Å²) in [5, 5.41) is 65.1. The van der Waals surface area contributed by atoms with Gasteiger partial charge >= 0.3 is 23.9 Å². The standard InChI is InChI=1S/C55H59N9O19S/c1-55(2,18-8-9-19-79-46-22-35(20-36(60-46)31-10-4-3-5-11-31)32-14-16-41-42(21-32)81-30-80-41)29-57-51(73)37(61-50(72)34-15-17-44(56-27-34)64-58-28-33-12-6-7-13-43(33)84-83-82-78)23-45(65)59-38(24-47(66)67)52(74)62-39(25-48(68)69)53(75)63-40(54(76)77)26-49(70)71/h3-7,10-17,20-22,27-28,37-40,78H,8-9,18-19,23-26,29-30H2,1-2H3,(H,56,64)(H,57,73)(H,59,65)(H,61,72)(H,62,74)(H,63,75)(H,66,67)(H,68,69)(H,70,71)(H,76,77)/b58-28+/t37-,38-,39-,40-/m0/s1. The zero-order chi connectivity index (χ0) is 60.8. The first-order valence-corrected chi connectivity index (χ1v) is 26.4. The van der Waals surface area contributed by atoms with E-state index >= 15 is 0 Å². The molecule has 0 spiro atoms. The number of carbonyl (C=O) groups is 9. The van der Waals surface area contributed by atoms with Crippen LogP contribution in [0, 0.1) is 5.41 Å². The largest absolute Gasteiger partial charge is 0.481 e. The van der Waals surface area contributed by atoms with Gasteiger partial charge in [-0.05, 0) is 72.2 Å². The van der Waals surface area contributed by atoms with Crippen LogP contribution in [0.25, 0.3) is 22.4 Å². The summed E-state index contributed by atoms with van der Waals surface area (Å²) in [5.74, 6) is -10.8. The van der Waals surface area contributed by atoms with Crippen molar-refractivity contribution in [2.75, 3.05) is 25.4 Å². The SMILES string of the molecule is CC(C)(CCCCOc1cc(-c2ccc3c(c2)OCO3)cc(-c2ccccc2)n1)CNC(=O)[C@H](CC(=O)N[C@@H](CC(=O)O)C(=O)N[C@@H](CC(=O)O)C(=O)N[C@@H](CC(=O)O)C(=O)O)NC(=O)c1ccc(N/N=C/c2ccccc2SOOO)nc1. The summed E-state index contributed by atoms with van der Waals surface area (Å²) >= 11 is 0.715. The van der Waals surface area contributed by atoms with E-state index in [1.165, 1.54) is 18.3 Å². The molecule has 444 valence electrons. The molecule has 0 radical (unpaired) electrons. The molecule has 11 N–H and O–H groups in total. The van der Waals surface area contributed by atoms with Gasteiger partial charge in [-0.1, -0.05) is 73.5 Å². The topological polar surface area (TPSA) is 411 Å². The number of aromatic nitrogens is 2. The minimum Gasteiger partial charge on any atom is -0.481 e. The molecule has 5 aromatic rings. The van der Waals surface area contributed by atoms with E-state index < -0.39 is 109 Å². The fraction of sp³-hybridized carbons (Fsp3) is 0.309. The Morgan fingerprint density at radius 2 is 1.35 bits per heavy atom. The van der Waals surface area contributed by atoms with Crippen LogP contribution in [0.2, 0.25) is 0 Å². The summed E-state index contributed by atoms with van der Waals surface area (Å²) in [5.41, 5.74) is 5.84. The number of pyridine rings is 2. The van der Waals surface area contributed by atoms with Gasteiger partial charge in [-0.3, -0.25) is 43.8 Å². The lowest BCUT2D eigenvalue weighted by Gasteiger charge is -2.27. The van der Waals surface area contributed by atoms with Gasteiger partial charge in [0.2, 0.25) is 36.3 Å². The summed E-state index contributed by atoms with van der Waals surface area (Å²) < 4.78 is 21.8. The van der Waals surface area contributed by atoms with E-state index in [0.29, 0.717) is 64.8 Å². The molecule has 3 aromatic carbocycles. The summed E-state index contributed by atoms with van der Waals surface area (Å²) in [7, 11) is 0. The fourth-order valence-electron chi connectivity index (χ4n) is 8.05. The Balaban J connectivity index is 1.12. The number of carboxylic acids is 4. The zero-order valence-electron chi connectivity index (χ0n) is 45.0. The van der Waals surface area contributed by atoms with Gasteiger partial charge in [0.05, 0.1) is 61.8 Å². The number of aliphatic carboxylic acids is 4. The Labute approximate surface area is 482 Å². The predicted octanol–water partition coefficient (Wildman–Crippen LogP) is 4.26. The highest BCUT2D eigenvalue weighted by atomic mass is 32.2. The van der Waals surface area contributed by atoms with Crippen molar-refractivity contribution in [3.8, 4) is 39.8 Å². The molecule has 5 amide bonds. The second kappa shape index (κ2) is 30.9. The Hall–Kier alpha value is -9.71. The number of fused-ring (bicyclic) bond motifs is 1. The highest BCUT2D eigenvalue weighted by Gasteiger charge is 2.34. The lowest BCUT2D eigenvalue weighted by atomic mass is 9.87. The number of hydrogen-bond acceptors (Lipinski definition) is 20. The molecule has 28 nitrogen and oxygen atoms in total. The second-order valence-electron chi connectivity index (χ2n) is 19.4. The first-order valence-electron chi connectivity index (χ1n) is 25.6. The van der Waals surface area contributed by atoms with Crippen LogP contribution in [-0.4, -0.2) is 139 Å². The van der Waals surface area contributed by atoms with E-state index in [2.05, 4.69) is 40.8 Å². The maximum atomic E-state index is 14.1. The first-order chi connectivity index (χ1) is 40.2. The van der Waals surface area contributed by atoms with Gasteiger partial charge in [-0.25, -0.2) is 20.0 Å². The van der Waals surface area contributed by atoms with Crippen molar-refractivity contribution >= 4 is 77.5 Å². The third-order valence-corrected chi connectivity index (χ3v) is 13.0. The molecular formula is C55H59N9O19S. The third-order valence-electron chi connectivity index (χ3n) is 12.3. The number of anilines is 1. The second-order valence-corrected chi connectivity index (χ2v) is 20.1. The van der Waals surface area contributed by atoms with E-state index in [1.807, 2.05) is 85.1 Å². The quantitative estimate of drug-likeness (QED) is 0.00919. The molecule has 0 saturated heterocycles. The van der Waals surface area contributed by atoms with Crippen LogP contribution >= 0.6 is 12.0 Å². The van der Waals surface area contributed by atoms with Gasteiger partial charge in [-0.15, -0.1) is 4.33 Å². The van der Waals surface area contributed by atoms with Crippen molar-refractivity contribution in [1.82, 2.24) is 36.6 Å². The zero-order valence-corrected chi connectivity index (χ0v) is 45.8. The maximum Gasteiger partial charge on any atom is 0.326 e. The number of carboxylic acid groups (broad SMARTS) is 4. The number of hydrazone groups is 1. The highest BCUT2D eigenvalue weighted by Crippen LogP contribution is 2.38. The van der Waals surface area contributed by atoms with Gasteiger partial charge in [0.15, 0.2) is 11.5 Å². The predicted molar refractivity (Wildman–Crippen MR) is 296 cm³/mol. The van der Waals surface area contributed by atoms with Crippen molar-refractivity contribution in [2.24, 2.45) is 10.5 Å². The van der Waals surface area contributed by atoms with Gasteiger partial charge in [-0.2, -0.15) is 5.10 Å². The lowest BCUT2D eigenvalue weighted by molar-refractivity contribution is -0.432. The molecular weight excluding hydrogens is 1120 g/mol. The van der Waals surface area contributed by atoms with Crippen LogP contribution in [0.15, 0.2) is 113 Å². The van der Waals surface area contributed by atoms with Crippen molar-refractivity contribution in [3.63, 3.8) is 0 Å². The number of ether oxygens (including phenoxy) is 3. The number of hydrogen-bond donors (Lipinski definition) is 11. The first kappa shape index (κ1) is 63.5. The smallest absolute Gasteiger partial charge is 0.326 e. The van der Waals surface area contributed by atoms with Crippen molar-refractivity contribution in [3.05, 3.63) is 114 Å². The fourth-order valence-corrected chi connectivity index (χ4v) is 8.51. The van der Waals surface area contributed by atoms with E-state index in [0.717, 1.165) is 22.9 Å². The highest BCUT2D eigenvalue weighted by molar-refractivity contribution is 7.94. The van der Waals surface area contributed by atoms with Gasteiger partial charge in [0.1, 0.15) is 30.0 Å². The lowest BCUT2D eigenvalue weighted by Crippen LogP contribution is -2.57. The Morgan fingerprint density at radius 1 is 0.690 bits per heavy atom. The van der Waals surface area contributed by atoms with Crippen molar-refractivity contribution in [2.45, 2.75) is 87.9 Å². The summed E-state index contributed by atoms with van der Waals surface area (Å²) in [6.07, 6.45) is -0.114. The average Bonchev–Trinajstić information content (AvgIpc) is 4.15. The molecule has 0 fully saturated rings. The van der Waals surface area contributed by atoms with E-state index in [4.69, 9.17) is 29.6 Å². The Bertz CT molecular complexity index is 3210. The minimum atomic E-state index is -2.10. The number of benzene rings is 3. The molecule has 84 heavy (non-hydrogen) atoms. The monoisotopic (exact) mass is 1180 g/mol. The molecule has 0 bridgehead atoms. The number of nitrogens with one attached hydrogen (secondary N) is 6. The third kappa shape index (κ3) is 20.1. The van der Waals surface area contributed by atoms with Crippen LogP contribution in [0.3, 0.4) is 0 Å². The minimum absolute atomic E-state index is 0.0142. The van der Waals surface area contributed by atoms with Crippen molar-refractivity contribution in [1.29, 1.82) is 0 Å².